The van der Waals surface area contributed by atoms with Crippen LogP contribution in [0, 0.1) is 0 Å². The molecular weight excluding hydrogens is 302 g/mol. The Hall–Kier alpha value is -1.53. The van der Waals surface area contributed by atoms with Crippen LogP contribution in [0.25, 0.3) is 0 Å². The molecule has 1 aliphatic carbocycles. The minimum Gasteiger partial charge on any atom is -0.397 e. The number of anilines is 2. The van der Waals surface area contributed by atoms with Crippen molar-refractivity contribution in [1.29, 1.82) is 0 Å². The largest absolute Gasteiger partial charge is 0.397 e. The zero-order chi connectivity index (χ0) is 14.4. The topological polar surface area (TPSA) is 58.4 Å². The predicted molar refractivity (Wildman–Crippen MR) is 88.3 cm³/mol. The van der Waals surface area contributed by atoms with Crippen LogP contribution in [0.15, 0.2) is 17.5 Å². The van der Waals surface area contributed by atoms with Crippen molar-refractivity contribution >= 4 is 39.3 Å². The van der Waals surface area contributed by atoms with Gasteiger partial charge < -0.3 is 16.0 Å². The monoisotopic (exact) mass is 319 g/mol. The van der Waals surface area contributed by atoms with Gasteiger partial charge in [-0.25, -0.2) is 0 Å². The molecular formula is C15H17N3OS2. The van der Waals surface area contributed by atoms with E-state index in [9.17, 15) is 4.79 Å². The first kappa shape index (κ1) is 13.2. The molecule has 1 saturated carbocycles. The van der Waals surface area contributed by atoms with Gasteiger partial charge in [0.15, 0.2) is 0 Å². The normalized spacial score (nSPS) is 17.6. The van der Waals surface area contributed by atoms with Gasteiger partial charge in [0.1, 0.15) is 4.88 Å². The lowest BCUT2D eigenvalue weighted by molar-refractivity contribution is 0.0956. The summed E-state index contributed by atoms with van der Waals surface area (Å²) in [6.45, 7) is 1.92. The maximum absolute atomic E-state index is 12.2. The van der Waals surface area contributed by atoms with Gasteiger partial charge in [0, 0.05) is 24.0 Å². The second-order valence-corrected chi connectivity index (χ2v) is 7.69. The molecule has 0 unspecified atom stereocenters. The highest BCUT2D eigenvalue weighted by Gasteiger charge is 2.27. The maximum Gasteiger partial charge on any atom is 0.263 e. The molecule has 0 spiro atoms. The van der Waals surface area contributed by atoms with E-state index in [1.807, 2.05) is 17.4 Å². The van der Waals surface area contributed by atoms with Crippen LogP contribution in [0.1, 0.15) is 33.0 Å². The van der Waals surface area contributed by atoms with Crippen LogP contribution in [-0.2, 0) is 13.0 Å². The first-order valence-electron chi connectivity index (χ1n) is 7.21. The first-order valence-corrected chi connectivity index (χ1v) is 8.90. The van der Waals surface area contributed by atoms with Crippen molar-refractivity contribution in [2.24, 2.45) is 0 Å². The number of nitrogen functional groups attached to an aromatic ring is 1. The van der Waals surface area contributed by atoms with Gasteiger partial charge in [-0.1, -0.05) is 0 Å². The summed E-state index contributed by atoms with van der Waals surface area (Å²) in [4.78, 5) is 16.6. The molecule has 3 heterocycles. The Kier molecular flexibility index (Phi) is 3.15. The number of hydrogen-bond acceptors (Lipinski definition) is 5. The predicted octanol–water partition coefficient (Wildman–Crippen LogP) is 2.85. The van der Waals surface area contributed by atoms with E-state index >= 15 is 0 Å². The van der Waals surface area contributed by atoms with Crippen LogP contribution in [0.2, 0.25) is 0 Å². The van der Waals surface area contributed by atoms with Gasteiger partial charge in [0.05, 0.1) is 10.7 Å². The summed E-state index contributed by atoms with van der Waals surface area (Å²) in [5.74, 6) is -0.0144. The maximum atomic E-state index is 12.2. The second-order valence-electron chi connectivity index (χ2n) is 5.66. The SMILES string of the molecule is Nc1cc(N2CCc3sccc3C2)sc1C(=O)NC1CC1. The average molecular weight is 319 g/mol. The Morgan fingerprint density at radius 1 is 1.43 bits per heavy atom. The van der Waals surface area contributed by atoms with E-state index in [0.717, 1.165) is 37.4 Å². The zero-order valence-corrected chi connectivity index (χ0v) is 13.2. The molecule has 6 heteroatoms. The fraction of sp³-hybridized carbons (Fsp3) is 0.400. The second kappa shape index (κ2) is 5.03. The molecule has 4 nitrogen and oxygen atoms in total. The van der Waals surface area contributed by atoms with E-state index in [1.54, 1.807) is 0 Å². The Labute approximate surface area is 131 Å². The van der Waals surface area contributed by atoms with Gasteiger partial charge in [-0.2, -0.15) is 0 Å². The highest BCUT2D eigenvalue weighted by molar-refractivity contribution is 7.18. The number of carbonyl (C=O) groups is 1. The van der Waals surface area contributed by atoms with Crippen LogP contribution < -0.4 is 16.0 Å². The molecule has 1 aliphatic heterocycles. The van der Waals surface area contributed by atoms with Gasteiger partial charge >= 0.3 is 0 Å². The number of nitrogens with two attached hydrogens (primary N) is 1. The third-order valence-corrected chi connectivity index (χ3v) is 6.22. The minimum absolute atomic E-state index is 0.0144. The van der Waals surface area contributed by atoms with E-state index in [2.05, 4.69) is 21.7 Å². The lowest BCUT2D eigenvalue weighted by Gasteiger charge is -2.27. The third-order valence-electron chi connectivity index (χ3n) is 3.99. The molecule has 1 amide bonds. The highest BCUT2D eigenvalue weighted by atomic mass is 32.1. The Bertz CT molecular complexity index is 687. The van der Waals surface area contributed by atoms with Gasteiger partial charge in [-0.3, -0.25) is 4.79 Å². The fourth-order valence-corrected chi connectivity index (χ4v) is 4.54. The third kappa shape index (κ3) is 2.53. The molecule has 21 heavy (non-hydrogen) atoms. The van der Waals surface area contributed by atoms with Crippen molar-refractivity contribution in [3.8, 4) is 0 Å². The molecule has 2 aromatic heterocycles. The molecule has 3 N–H and O–H groups in total. The zero-order valence-electron chi connectivity index (χ0n) is 11.6. The van der Waals surface area contributed by atoms with E-state index < -0.39 is 0 Å². The van der Waals surface area contributed by atoms with Crippen LogP contribution in [0.3, 0.4) is 0 Å². The van der Waals surface area contributed by atoms with Crippen molar-refractivity contribution in [2.75, 3.05) is 17.2 Å². The summed E-state index contributed by atoms with van der Waals surface area (Å²) in [7, 11) is 0. The molecule has 0 bridgehead atoms. The van der Waals surface area contributed by atoms with Crippen molar-refractivity contribution in [3.05, 3.63) is 32.8 Å². The van der Waals surface area contributed by atoms with E-state index in [1.165, 1.54) is 21.8 Å². The minimum atomic E-state index is -0.0144. The fourth-order valence-electron chi connectivity index (χ4n) is 2.64. The van der Waals surface area contributed by atoms with Crippen LogP contribution in [0.4, 0.5) is 10.7 Å². The van der Waals surface area contributed by atoms with E-state index in [-0.39, 0.29) is 5.91 Å². The molecule has 2 aromatic rings. The number of nitrogens with zero attached hydrogens (tertiary/aromatic N) is 1. The quantitative estimate of drug-likeness (QED) is 0.914. The summed E-state index contributed by atoms with van der Waals surface area (Å²) in [5.41, 5.74) is 8.05. The summed E-state index contributed by atoms with van der Waals surface area (Å²) in [5, 5.41) is 6.27. The smallest absolute Gasteiger partial charge is 0.263 e. The summed E-state index contributed by atoms with van der Waals surface area (Å²) in [6.07, 6.45) is 3.27. The summed E-state index contributed by atoms with van der Waals surface area (Å²) in [6, 6.07) is 4.51. The molecule has 1 fully saturated rings. The molecule has 0 radical (unpaired) electrons. The highest BCUT2D eigenvalue weighted by Crippen LogP contribution is 2.36. The number of amides is 1. The van der Waals surface area contributed by atoms with Crippen molar-refractivity contribution in [3.63, 3.8) is 0 Å². The van der Waals surface area contributed by atoms with Crippen molar-refractivity contribution in [1.82, 2.24) is 5.32 Å². The lowest BCUT2D eigenvalue weighted by atomic mass is 10.1. The molecule has 110 valence electrons. The van der Waals surface area contributed by atoms with Crippen LogP contribution >= 0.6 is 22.7 Å². The van der Waals surface area contributed by atoms with Gasteiger partial charge in [-0.05, 0) is 42.3 Å². The first-order chi connectivity index (χ1) is 10.2. The van der Waals surface area contributed by atoms with Crippen molar-refractivity contribution in [2.45, 2.75) is 31.8 Å². The van der Waals surface area contributed by atoms with Gasteiger partial charge in [-0.15, -0.1) is 22.7 Å². The standard InChI is InChI=1S/C15H17N3OS2/c16-11-7-13(21-14(11)15(19)17-10-1-2-10)18-5-3-12-9(8-18)4-6-20-12/h4,6-7,10H,1-3,5,8,16H2,(H,17,19). The number of nitrogens with one attached hydrogen (secondary N) is 1. The molecule has 4 rings (SSSR count). The number of fused-ring (bicyclic) bond motifs is 1. The number of rotatable bonds is 3. The van der Waals surface area contributed by atoms with Gasteiger partial charge in [0.25, 0.3) is 5.91 Å². The molecule has 0 aromatic carbocycles. The molecule has 0 atom stereocenters. The average Bonchev–Trinajstić information content (AvgIpc) is 3.02. The van der Waals surface area contributed by atoms with Crippen LogP contribution in [-0.4, -0.2) is 18.5 Å². The van der Waals surface area contributed by atoms with Gasteiger partial charge in [0.2, 0.25) is 0 Å². The summed E-state index contributed by atoms with van der Waals surface area (Å²) < 4.78 is 0. The lowest BCUT2D eigenvalue weighted by Crippen LogP contribution is -2.28. The number of hydrogen-bond donors (Lipinski definition) is 2. The van der Waals surface area contributed by atoms with Crippen molar-refractivity contribution < 1.29 is 4.79 Å². The number of thiophene rings is 2. The van der Waals surface area contributed by atoms with Crippen LogP contribution in [0.5, 0.6) is 0 Å². The van der Waals surface area contributed by atoms with E-state index in [0.29, 0.717) is 16.6 Å². The summed E-state index contributed by atoms with van der Waals surface area (Å²) >= 11 is 3.35. The Morgan fingerprint density at radius 2 is 2.29 bits per heavy atom. The number of carbonyl (C=O) groups excluding carboxylic acids is 1. The Morgan fingerprint density at radius 3 is 3.10 bits per heavy atom. The molecule has 2 aliphatic rings. The van der Waals surface area contributed by atoms with E-state index in [4.69, 9.17) is 5.73 Å². The molecule has 0 saturated heterocycles. The Balaban J connectivity index is 1.54.